The Morgan fingerprint density at radius 1 is 0.750 bits per heavy atom. The van der Waals surface area contributed by atoms with Crippen LogP contribution in [0.1, 0.15) is 72.6 Å². The Bertz CT molecular complexity index is 220. The van der Waals surface area contributed by atoms with Crippen LogP contribution in [0.15, 0.2) is 0 Å². The van der Waals surface area contributed by atoms with Gasteiger partial charge in [0.25, 0.3) is 0 Å². The Morgan fingerprint density at radius 2 is 1.19 bits per heavy atom. The Hall–Kier alpha value is -0.0400. The Balaban J connectivity index is 1.85. The Labute approximate surface area is 101 Å². The fourth-order valence-corrected chi connectivity index (χ4v) is 3.47. The lowest BCUT2D eigenvalue weighted by Gasteiger charge is -2.22. The number of hydrogen-bond acceptors (Lipinski definition) is 1. The summed E-state index contributed by atoms with van der Waals surface area (Å²) in [5, 5.41) is 3.94. The summed E-state index contributed by atoms with van der Waals surface area (Å²) in [5.74, 6) is 0. The minimum absolute atomic E-state index is 0.495. The molecule has 0 aromatic heterocycles. The molecule has 0 heterocycles. The summed E-state index contributed by atoms with van der Waals surface area (Å²) in [6.45, 7) is 9.64. The third-order valence-corrected chi connectivity index (χ3v) is 5.53. The summed E-state index contributed by atoms with van der Waals surface area (Å²) >= 11 is 0. The van der Waals surface area contributed by atoms with E-state index in [-0.39, 0.29) is 0 Å². The zero-order chi connectivity index (χ0) is 11.8. The minimum atomic E-state index is 0.495. The van der Waals surface area contributed by atoms with Gasteiger partial charge >= 0.3 is 0 Å². The van der Waals surface area contributed by atoms with Gasteiger partial charge in [-0.1, -0.05) is 59.8 Å². The summed E-state index contributed by atoms with van der Waals surface area (Å²) in [4.78, 5) is 0. The lowest BCUT2D eigenvalue weighted by atomic mass is 9.96. The van der Waals surface area contributed by atoms with Crippen LogP contribution >= 0.6 is 0 Å². The van der Waals surface area contributed by atoms with E-state index in [2.05, 4.69) is 33.0 Å². The highest BCUT2D eigenvalue weighted by Gasteiger charge is 2.64. The molecule has 0 bridgehead atoms. The zero-order valence-electron chi connectivity index (χ0n) is 11.6. The topological polar surface area (TPSA) is 12.0 Å². The predicted octanol–water partition coefficient (Wildman–Crippen LogP) is 4.12. The number of hydrogen-bond donors (Lipinski definition) is 1. The van der Waals surface area contributed by atoms with Gasteiger partial charge in [0.1, 0.15) is 0 Å². The van der Waals surface area contributed by atoms with E-state index in [0.29, 0.717) is 10.8 Å². The molecule has 0 amide bonds. The number of rotatable bonds is 2. The van der Waals surface area contributed by atoms with Crippen molar-refractivity contribution in [3.05, 3.63) is 0 Å². The molecule has 1 heteroatoms. The zero-order valence-corrected chi connectivity index (χ0v) is 11.6. The van der Waals surface area contributed by atoms with Crippen LogP contribution in [0, 0.1) is 10.8 Å². The van der Waals surface area contributed by atoms with Crippen LogP contribution in [0.4, 0.5) is 0 Å². The van der Waals surface area contributed by atoms with Crippen LogP contribution < -0.4 is 5.32 Å². The van der Waals surface area contributed by atoms with E-state index < -0.39 is 0 Å². The third kappa shape index (κ3) is 2.16. The quantitative estimate of drug-likeness (QED) is 0.742. The van der Waals surface area contributed by atoms with Gasteiger partial charge in [0.05, 0.1) is 0 Å². The van der Waals surface area contributed by atoms with E-state index in [0.717, 1.165) is 12.1 Å². The van der Waals surface area contributed by atoms with Gasteiger partial charge in [0, 0.05) is 12.1 Å². The molecule has 0 spiro atoms. The molecule has 94 valence electrons. The molecule has 0 aromatic carbocycles. The van der Waals surface area contributed by atoms with Gasteiger partial charge in [-0.05, 0) is 23.7 Å². The molecule has 16 heavy (non-hydrogen) atoms. The largest absolute Gasteiger partial charge is 0.310 e. The smallest absolute Gasteiger partial charge is 0.0183 e. The molecule has 2 saturated carbocycles. The first-order valence-electron chi connectivity index (χ1n) is 7.22. The van der Waals surface area contributed by atoms with Crippen molar-refractivity contribution in [2.24, 2.45) is 10.8 Å². The van der Waals surface area contributed by atoms with Crippen molar-refractivity contribution in [2.45, 2.75) is 84.7 Å². The molecule has 2 rings (SSSR count). The second kappa shape index (κ2) is 4.33. The standard InChI is InChI=1S/C15H29N/c1-14(2)13(15(14,3)4)16-12-10-8-6-5-7-9-11-12/h12-13,16H,5-11H2,1-4H3. The van der Waals surface area contributed by atoms with Crippen LogP contribution in [0.3, 0.4) is 0 Å². The van der Waals surface area contributed by atoms with E-state index in [9.17, 15) is 0 Å². The maximum atomic E-state index is 3.94. The second-order valence-corrected chi connectivity index (χ2v) is 7.09. The summed E-state index contributed by atoms with van der Waals surface area (Å²) in [5.41, 5.74) is 0.991. The lowest BCUT2D eigenvalue weighted by molar-refractivity contribution is 0.367. The Kier molecular flexibility index (Phi) is 3.36. The fourth-order valence-electron chi connectivity index (χ4n) is 3.47. The van der Waals surface area contributed by atoms with Gasteiger partial charge in [-0.2, -0.15) is 0 Å². The average molecular weight is 223 g/mol. The van der Waals surface area contributed by atoms with Gasteiger partial charge < -0.3 is 5.32 Å². The molecule has 0 aliphatic heterocycles. The van der Waals surface area contributed by atoms with E-state index in [1.165, 1.54) is 44.9 Å². The van der Waals surface area contributed by atoms with Crippen molar-refractivity contribution >= 4 is 0 Å². The van der Waals surface area contributed by atoms with E-state index in [4.69, 9.17) is 0 Å². The molecule has 0 unspecified atom stereocenters. The summed E-state index contributed by atoms with van der Waals surface area (Å²) in [6.07, 6.45) is 10.1. The first-order valence-corrected chi connectivity index (χ1v) is 7.22. The Morgan fingerprint density at radius 3 is 1.62 bits per heavy atom. The van der Waals surface area contributed by atoms with Crippen molar-refractivity contribution in [1.82, 2.24) is 5.32 Å². The molecule has 0 aromatic rings. The minimum Gasteiger partial charge on any atom is -0.310 e. The average Bonchev–Trinajstić information content (AvgIpc) is 2.51. The summed E-state index contributed by atoms with van der Waals surface area (Å²) < 4.78 is 0. The molecule has 1 N–H and O–H groups in total. The first-order chi connectivity index (χ1) is 7.46. The molecule has 2 aliphatic rings. The van der Waals surface area contributed by atoms with Crippen LogP contribution in [-0.2, 0) is 0 Å². The van der Waals surface area contributed by atoms with Crippen molar-refractivity contribution in [3.8, 4) is 0 Å². The van der Waals surface area contributed by atoms with Gasteiger partial charge in [0.15, 0.2) is 0 Å². The van der Waals surface area contributed by atoms with Crippen LogP contribution in [0.2, 0.25) is 0 Å². The van der Waals surface area contributed by atoms with E-state index in [1.807, 2.05) is 0 Å². The number of nitrogens with one attached hydrogen (secondary N) is 1. The van der Waals surface area contributed by atoms with Crippen molar-refractivity contribution in [1.29, 1.82) is 0 Å². The predicted molar refractivity (Wildman–Crippen MR) is 70.6 cm³/mol. The van der Waals surface area contributed by atoms with Crippen molar-refractivity contribution in [2.75, 3.05) is 0 Å². The molecule has 0 saturated heterocycles. The van der Waals surface area contributed by atoms with Crippen LogP contribution in [-0.4, -0.2) is 12.1 Å². The van der Waals surface area contributed by atoms with Gasteiger partial charge in [-0.3, -0.25) is 0 Å². The highest BCUT2D eigenvalue weighted by molar-refractivity contribution is 5.18. The van der Waals surface area contributed by atoms with Crippen molar-refractivity contribution in [3.63, 3.8) is 0 Å². The highest BCUT2D eigenvalue weighted by Crippen LogP contribution is 2.62. The molecule has 1 nitrogen and oxygen atoms in total. The first kappa shape index (κ1) is 12.4. The maximum absolute atomic E-state index is 3.94. The van der Waals surface area contributed by atoms with Crippen LogP contribution in [0.25, 0.3) is 0 Å². The maximum Gasteiger partial charge on any atom is 0.0183 e. The molecule has 2 aliphatic carbocycles. The molecule has 0 radical (unpaired) electrons. The molecule has 2 fully saturated rings. The molecule has 0 atom stereocenters. The van der Waals surface area contributed by atoms with Crippen molar-refractivity contribution < 1.29 is 0 Å². The molecular weight excluding hydrogens is 194 g/mol. The lowest BCUT2D eigenvalue weighted by Crippen LogP contribution is -2.34. The van der Waals surface area contributed by atoms with Crippen LogP contribution in [0.5, 0.6) is 0 Å². The normalized spacial score (nSPS) is 30.8. The SMILES string of the molecule is CC1(C)C(NC2CCCCCCC2)C1(C)C. The van der Waals surface area contributed by atoms with E-state index in [1.54, 1.807) is 0 Å². The second-order valence-electron chi connectivity index (χ2n) is 7.09. The monoisotopic (exact) mass is 223 g/mol. The van der Waals surface area contributed by atoms with Gasteiger partial charge in [0.2, 0.25) is 0 Å². The molecular formula is C15H29N. The van der Waals surface area contributed by atoms with E-state index >= 15 is 0 Å². The third-order valence-electron chi connectivity index (χ3n) is 5.53. The summed E-state index contributed by atoms with van der Waals surface area (Å²) in [7, 11) is 0. The van der Waals surface area contributed by atoms with Gasteiger partial charge in [-0.25, -0.2) is 0 Å². The highest BCUT2D eigenvalue weighted by atomic mass is 15.1. The van der Waals surface area contributed by atoms with Gasteiger partial charge in [-0.15, -0.1) is 0 Å². The fraction of sp³-hybridized carbons (Fsp3) is 1.00. The summed E-state index contributed by atoms with van der Waals surface area (Å²) in [6, 6.07) is 1.54.